The number of nitrogens with one attached hydrogen (secondary N) is 3. The first-order valence-electron chi connectivity index (χ1n) is 7.10. The number of hydrogen-bond acceptors (Lipinski definition) is 4. The molecular formula is C16H17N3O3S. The topological polar surface area (TPSA) is 87.3 Å². The van der Waals surface area contributed by atoms with E-state index in [0.29, 0.717) is 10.4 Å². The van der Waals surface area contributed by atoms with Crippen molar-refractivity contribution in [1.29, 1.82) is 0 Å². The molecule has 0 saturated carbocycles. The molecule has 6 nitrogen and oxygen atoms in total. The van der Waals surface area contributed by atoms with Crippen LogP contribution in [-0.2, 0) is 11.2 Å². The predicted octanol–water partition coefficient (Wildman–Crippen LogP) is 1.50. The number of hydrogen-bond donors (Lipinski definition) is 3. The molecule has 120 valence electrons. The first kappa shape index (κ1) is 16.7. The molecule has 3 amide bonds. The van der Waals surface area contributed by atoms with E-state index in [1.165, 1.54) is 11.3 Å². The molecule has 0 spiro atoms. The second kappa shape index (κ2) is 8.09. The number of thiophene rings is 1. The maximum absolute atomic E-state index is 11.9. The largest absolute Gasteiger partial charge is 0.342 e. The van der Waals surface area contributed by atoms with Gasteiger partial charge in [-0.3, -0.25) is 25.2 Å². The number of benzene rings is 1. The standard InChI is InChI=1S/C16H17N3O3S/c1-2-11-5-7-12(8-6-11)15(21)19-18-14(20)10-17-16(22)13-4-3-9-23-13/h3-9H,2,10H2,1H3,(H,17,22)(H,18,20)(H,19,21). The van der Waals surface area contributed by atoms with Gasteiger partial charge in [-0.15, -0.1) is 11.3 Å². The molecule has 0 fully saturated rings. The molecule has 1 heterocycles. The van der Waals surface area contributed by atoms with E-state index in [2.05, 4.69) is 16.2 Å². The van der Waals surface area contributed by atoms with Crippen molar-refractivity contribution in [1.82, 2.24) is 16.2 Å². The van der Waals surface area contributed by atoms with Crippen LogP contribution in [0.4, 0.5) is 0 Å². The highest BCUT2D eigenvalue weighted by atomic mass is 32.1. The Balaban J connectivity index is 1.75. The SMILES string of the molecule is CCc1ccc(C(=O)NNC(=O)CNC(=O)c2cccs2)cc1. The summed E-state index contributed by atoms with van der Waals surface area (Å²) >= 11 is 1.29. The average Bonchev–Trinajstić information content (AvgIpc) is 3.12. The second-order valence-corrected chi connectivity index (χ2v) is 5.66. The lowest BCUT2D eigenvalue weighted by Crippen LogP contribution is -2.46. The monoisotopic (exact) mass is 331 g/mol. The van der Waals surface area contributed by atoms with Gasteiger partial charge >= 0.3 is 0 Å². The molecule has 7 heteroatoms. The lowest BCUT2D eigenvalue weighted by molar-refractivity contribution is -0.120. The normalized spacial score (nSPS) is 9.96. The van der Waals surface area contributed by atoms with Gasteiger partial charge in [-0.1, -0.05) is 25.1 Å². The molecule has 1 aromatic carbocycles. The zero-order valence-electron chi connectivity index (χ0n) is 12.6. The average molecular weight is 331 g/mol. The van der Waals surface area contributed by atoms with Crippen molar-refractivity contribution in [3.63, 3.8) is 0 Å². The van der Waals surface area contributed by atoms with Crippen LogP contribution in [0.1, 0.15) is 32.5 Å². The summed E-state index contributed by atoms with van der Waals surface area (Å²) in [6, 6.07) is 10.5. The van der Waals surface area contributed by atoms with Gasteiger partial charge < -0.3 is 5.32 Å². The van der Waals surface area contributed by atoms with Crippen molar-refractivity contribution in [2.24, 2.45) is 0 Å². The molecule has 2 rings (SSSR count). The number of amides is 3. The summed E-state index contributed by atoms with van der Waals surface area (Å²) in [4.78, 5) is 35.7. The van der Waals surface area contributed by atoms with E-state index in [9.17, 15) is 14.4 Å². The van der Waals surface area contributed by atoms with Gasteiger partial charge in [0.05, 0.1) is 11.4 Å². The maximum Gasteiger partial charge on any atom is 0.269 e. The Bertz CT molecular complexity index is 681. The molecular weight excluding hydrogens is 314 g/mol. The summed E-state index contributed by atoms with van der Waals surface area (Å²) in [5, 5.41) is 4.25. The fourth-order valence-electron chi connectivity index (χ4n) is 1.79. The van der Waals surface area contributed by atoms with Crippen molar-refractivity contribution in [3.8, 4) is 0 Å². The van der Waals surface area contributed by atoms with Crippen LogP contribution in [0.25, 0.3) is 0 Å². The molecule has 2 aromatic rings. The summed E-state index contributed by atoms with van der Waals surface area (Å²) < 4.78 is 0. The molecule has 0 unspecified atom stereocenters. The Labute approximate surface area is 137 Å². The number of hydrazine groups is 1. The highest BCUT2D eigenvalue weighted by Gasteiger charge is 2.10. The summed E-state index contributed by atoms with van der Waals surface area (Å²) in [6.07, 6.45) is 0.891. The molecule has 23 heavy (non-hydrogen) atoms. The summed E-state index contributed by atoms with van der Waals surface area (Å²) in [5.41, 5.74) is 6.14. The smallest absolute Gasteiger partial charge is 0.269 e. The van der Waals surface area contributed by atoms with E-state index in [0.717, 1.165) is 12.0 Å². The van der Waals surface area contributed by atoms with Crippen molar-refractivity contribution in [3.05, 3.63) is 57.8 Å². The number of rotatable bonds is 5. The first-order chi connectivity index (χ1) is 11.1. The minimum atomic E-state index is -0.506. The third-order valence-electron chi connectivity index (χ3n) is 3.09. The van der Waals surface area contributed by atoms with Crippen molar-refractivity contribution < 1.29 is 14.4 Å². The first-order valence-corrected chi connectivity index (χ1v) is 7.98. The van der Waals surface area contributed by atoms with Crippen LogP contribution >= 0.6 is 11.3 Å². The van der Waals surface area contributed by atoms with Crippen LogP contribution in [0.5, 0.6) is 0 Å². The van der Waals surface area contributed by atoms with Gasteiger partial charge in [0.1, 0.15) is 0 Å². The maximum atomic E-state index is 11.9. The van der Waals surface area contributed by atoms with E-state index in [1.54, 1.807) is 29.6 Å². The third kappa shape index (κ3) is 4.93. The lowest BCUT2D eigenvalue weighted by atomic mass is 10.1. The van der Waals surface area contributed by atoms with Crippen LogP contribution < -0.4 is 16.2 Å². The van der Waals surface area contributed by atoms with Crippen molar-refractivity contribution >= 4 is 29.1 Å². The predicted molar refractivity (Wildman–Crippen MR) is 88.1 cm³/mol. The molecule has 0 aliphatic carbocycles. The van der Waals surface area contributed by atoms with Crippen LogP contribution in [0, 0.1) is 0 Å². The van der Waals surface area contributed by atoms with Crippen LogP contribution in [0.3, 0.4) is 0 Å². The van der Waals surface area contributed by atoms with Gasteiger partial charge in [0.15, 0.2) is 0 Å². The van der Waals surface area contributed by atoms with Gasteiger partial charge in [0.2, 0.25) is 0 Å². The minimum absolute atomic E-state index is 0.216. The highest BCUT2D eigenvalue weighted by molar-refractivity contribution is 7.12. The molecule has 0 atom stereocenters. The summed E-state index contributed by atoms with van der Waals surface area (Å²) in [6.45, 7) is 1.81. The van der Waals surface area contributed by atoms with Gasteiger partial charge in [0.25, 0.3) is 17.7 Å². The Morgan fingerprint density at radius 1 is 1.00 bits per heavy atom. The molecule has 0 saturated heterocycles. The molecule has 3 N–H and O–H groups in total. The van der Waals surface area contributed by atoms with E-state index >= 15 is 0 Å². The zero-order valence-corrected chi connectivity index (χ0v) is 13.4. The molecule has 0 aliphatic rings. The van der Waals surface area contributed by atoms with Crippen LogP contribution in [0.2, 0.25) is 0 Å². The van der Waals surface area contributed by atoms with E-state index in [-0.39, 0.29) is 12.5 Å². The number of carbonyl (C=O) groups excluding carboxylic acids is 3. The number of aryl methyl sites for hydroxylation is 1. The minimum Gasteiger partial charge on any atom is -0.342 e. The Morgan fingerprint density at radius 2 is 1.74 bits per heavy atom. The van der Waals surface area contributed by atoms with Gasteiger partial charge in [-0.25, -0.2) is 0 Å². The van der Waals surface area contributed by atoms with Crippen molar-refractivity contribution in [2.75, 3.05) is 6.54 Å². The van der Waals surface area contributed by atoms with E-state index in [1.807, 2.05) is 19.1 Å². The Hall–Kier alpha value is -2.67. The Kier molecular flexibility index (Phi) is 5.87. The fourth-order valence-corrected chi connectivity index (χ4v) is 2.43. The van der Waals surface area contributed by atoms with Gasteiger partial charge in [-0.2, -0.15) is 0 Å². The summed E-state index contributed by atoms with van der Waals surface area (Å²) in [7, 11) is 0. The second-order valence-electron chi connectivity index (χ2n) is 4.71. The lowest BCUT2D eigenvalue weighted by Gasteiger charge is -2.08. The third-order valence-corrected chi connectivity index (χ3v) is 3.96. The highest BCUT2D eigenvalue weighted by Crippen LogP contribution is 2.07. The van der Waals surface area contributed by atoms with Gasteiger partial charge in [0, 0.05) is 5.56 Å². The van der Waals surface area contributed by atoms with Crippen molar-refractivity contribution in [2.45, 2.75) is 13.3 Å². The van der Waals surface area contributed by atoms with Crippen LogP contribution in [0.15, 0.2) is 41.8 Å². The Morgan fingerprint density at radius 3 is 2.35 bits per heavy atom. The molecule has 0 radical (unpaired) electrons. The van der Waals surface area contributed by atoms with E-state index < -0.39 is 11.8 Å². The number of carbonyl (C=O) groups is 3. The zero-order chi connectivity index (χ0) is 16.7. The molecule has 0 bridgehead atoms. The molecule has 0 aliphatic heterocycles. The van der Waals surface area contributed by atoms with Gasteiger partial charge in [-0.05, 0) is 35.6 Å². The van der Waals surface area contributed by atoms with E-state index in [4.69, 9.17) is 0 Å². The summed E-state index contributed by atoms with van der Waals surface area (Å²) in [5.74, 6) is -1.24. The quantitative estimate of drug-likeness (QED) is 0.726. The molecule has 1 aromatic heterocycles. The van der Waals surface area contributed by atoms with Crippen LogP contribution in [-0.4, -0.2) is 24.3 Å². The fraction of sp³-hybridized carbons (Fsp3) is 0.188.